The molecule has 124 valence electrons. The van der Waals surface area contributed by atoms with Crippen molar-refractivity contribution in [1.82, 2.24) is 10.3 Å². The van der Waals surface area contributed by atoms with Gasteiger partial charge in [0.1, 0.15) is 5.82 Å². The number of aromatic nitrogens is 1. The van der Waals surface area contributed by atoms with Crippen LogP contribution in [0.5, 0.6) is 0 Å². The first-order valence-corrected chi connectivity index (χ1v) is 9.07. The number of nitrogens with zero attached hydrogens (tertiary/aromatic N) is 1. The summed E-state index contributed by atoms with van der Waals surface area (Å²) in [4.78, 5) is 17.3. The Balaban J connectivity index is 1.54. The number of rotatable bonds is 4. The maximum Gasteiger partial charge on any atom is 0.255 e. The summed E-state index contributed by atoms with van der Waals surface area (Å²) in [6, 6.07) is 3.99. The largest absolute Gasteiger partial charge is 0.367 e. The van der Waals surface area contributed by atoms with Crippen molar-refractivity contribution >= 4 is 11.7 Å². The quantitative estimate of drug-likeness (QED) is 0.893. The van der Waals surface area contributed by atoms with E-state index in [1.165, 1.54) is 38.5 Å². The van der Waals surface area contributed by atoms with Crippen LogP contribution in [0.2, 0.25) is 0 Å². The van der Waals surface area contributed by atoms with E-state index in [0.29, 0.717) is 11.4 Å². The Bertz CT molecular complexity index is 575. The molecule has 1 aromatic rings. The van der Waals surface area contributed by atoms with E-state index < -0.39 is 0 Å². The number of hydrogen-bond donors (Lipinski definition) is 2. The van der Waals surface area contributed by atoms with E-state index >= 15 is 0 Å². The van der Waals surface area contributed by atoms with E-state index in [9.17, 15) is 4.79 Å². The molecule has 0 saturated heterocycles. The van der Waals surface area contributed by atoms with Crippen LogP contribution in [0, 0.1) is 17.8 Å². The summed E-state index contributed by atoms with van der Waals surface area (Å²) in [5.74, 6) is 3.25. The van der Waals surface area contributed by atoms with Crippen LogP contribution in [-0.4, -0.2) is 22.5 Å². The van der Waals surface area contributed by atoms with Crippen molar-refractivity contribution in [3.05, 3.63) is 23.9 Å². The maximum atomic E-state index is 12.9. The maximum absolute atomic E-state index is 12.9. The lowest BCUT2D eigenvalue weighted by molar-refractivity contribution is -0.0166. The third kappa shape index (κ3) is 2.84. The molecule has 0 atom stereocenters. The molecule has 5 rings (SSSR count). The highest BCUT2D eigenvalue weighted by Gasteiger charge is 2.51. The van der Waals surface area contributed by atoms with E-state index in [1.807, 2.05) is 12.1 Å². The molecule has 1 amide bonds. The Morgan fingerprint density at radius 1 is 1.17 bits per heavy atom. The number of amides is 1. The van der Waals surface area contributed by atoms with Gasteiger partial charge in [0.25, 0.3) is 5.91 Å². The van der Waals surface area contributed by atoms with Crippen molar-refractivity contribution in [3.8, 4) is 0 Å². The summed E-state index contributed by atoms with van der Waals surface area (Å²) in [5.41, 5.74) is 0.730. The molecular weight excluding hydrogens is 286 g/mol. The molecule has 4 bridgehead atoms. The van der Waals surface area contributed by atoms with Crippen LogP contribution in [0.3, 0.4) is 0 Å². The Hall–Kier alpha value is -1.58. The normalized spacial score (nSPS) is 34.7. The summed E-state index contributed by atoms with van der Waals surface area (Å²) in [7, 11) is 0. The molecular formula is C19H27N3O. The number of anilines is 1. The minimum Gasteiger partial charge on any atom is -0.367 e. The summed E-state index contributed by atoms with van der Waals surface area (Å²) in [5, 5.41) is 6.73. The van der Waals surface area contributed by atoms with Gasteiger partial charge in [-0.25, -0.2) is 4.98 Å². The SMILES string of the molecule is CC(C)Nc1ncccc1C(=O)NC12CC3CC(CC(C3)C1)C2. The lowest BCUT2D eigenvalue weighted by Gasteiger charge is -2.56. The zero-order valence-electron chi connectivity index (χ0n) is 14.1. The number of carbonyl (C=O) groups is 1. The second-order valence-corrected chi connectivity index (χ2v) is 8.35. The van der Waals surface area contributed by atoms with Gasteiger partial charge in [0.05, 0.1) is 5.56 Å². The van der Waals surface area contributed by atoms with Crippen molar-refractivity contribution < 1.29 is 4.79 Å². The van der Waals surface area contributed by atoms with Gasteiger partial charge in [-0.05, 0) is 82.3 Å². The lowest BCUT2D eigenvalue weighted by atomic mass is 9.53. The molecule has 2 N–H and O–H groups in total. The van der Waals surface area contributed by atoms with Crippen LogP contribution in [0.25, 0.3) is 0 Å². The van der Waals surface area contributed by atoms with Crippen LogP contribution < -0.4 is 10.6 Å². The molecule has 0 aliphatic heterocycles. The van der Waals surface area contributed by atoms with Crippen molar-refractivity contribution in [2.45, 2.75) is 64.0 Å². The summed E-state index contributed by atoms with van der Waals surface area (Å²) >= 11 is 0. The highest BCUT2D eigenvalue weighted by molar-refractivity contribution is 5.99. The van der Waals surface area contributed by atoms with E-state index in [4.69, 9.17) is 0 Å². The van der Waals surface area contributed by atoms with Crippen LogP contribution in [-0.2, 0) is 0 Å². The van der Waals surface area contributed by atoms with E-state index in [0.717, 1.165) is 17.8 Å². The molecule has 4 nitrogen and oxygen atoms in total. The standard InChI is InChI=1S/C19H27N3O/c1-12(2)21-17-16(4-3-5-20-17)18(23)22-19-9-13-6-14(10-19)8-15(7-13)11-19/h3-5,12-15H,6-11H2,1-2H3,(H,20,21)(H,22,23). The number of pyridine rings is 1. The summed E-state index contributed by atoms with van der Waals surface area (Å²) < 4.78 is 0. The van der Waals surface area contributed by atoms with Crippen molar-refractivity contribution in [1.29, 1.82) is 0 Å². The summed E-state index contributed by atoms with van der Waals surface area (Å²) in [6.45, 7) is 4.13. The van der Waals surface area contributed by atoms with Crippen molar-refractivity contribution in [2.75, 3.05) is 5.32 Å². The molecule has 4 aliphatic rings. The molecule has 4 fully saturated rings. The molecule has 1 aromatic heterocycles. The fourth-order valence-electron chi connectivity index (χ4n) is 5.55. The second kappa shape index (κ2) is 5.50. The summed E-state index contributed by atoms with van der Waals surface area (Å²) in [6.07, 6.45) is 9.45. The van der Waals surface area contributed by atoms with Gasteiger partial charge in [0.15, 0.2) is 0 Å². The molecule has 0 spiro atoms. The zero-order chi connectivity index (χ0) is 16.0. The minimum atomic E-state index is 0.0446. The molecule has 0 unspecified atom stereocenters. The van der Waals surface area contributed by atoms with Gasteiger partial charge >= 0.3 is 0 Å². The lowest BCUT2D eigenvalue weighted by Crippen LogP contribution is -2.59. The van der Waals surface area contributed by atoms with Crippen molar-refractivity contribution in [3.63, 3.8) is 0 Å². The second-order valence-electron chi connectivity index (χ2n) is 8.35. The Labute approximate surface area is 138 Å². The highest BCUT2D eigenvalue weighted by Crippen LogP contribution is 2.55. The van der Waals surface area contributed by atoms with Crippen LogP contribution in [0.4, 0.5) is 5.82 Å². The zero-order valence-corrected chi connectivity index (χ0v) is 14.1. The third-order valence-corrected chi connectivity index (χ3v) is 5.89. The average molecular weight is 313 g/mol. The van der Waals surface area contributed by atoms with E-state index in [-0.39, 0.29) is 17.5 Å². The fourth-order valence-corrected chi connectivity index (χ4v) is 5.55. The van der Waals surface area contributed by atoms with Crippen LogP contribution >= 0.6 is 0 Å². The van der Waals surface area contributed by atoms with Crippen LogP contribution in [0.1, 0.15) is 62.7 Å². The fraction of sp³-hybridized carbons (Fsp3) is 0.684. The molecule has 0 aromatic carbocycles. The van der Waals surface area contributed by atoms with Crippen molar-refractivity contribution in [2.24, 2.45) is 17.8 Å². The number of carbonyl (C=O) groups excluding carboxylic acids is 1. The number of hydrogen-bond acceptors (Lipinski definition) is 3. The first-order valence-electron chi connectivity index (χ1n) is 9.07. The topological polar surface area (TPSA) is 54.0 Å². The Morgan fingerprint density at radius 2 is 1.78 bits per heavy atom. The Morgan fingerprint density at radius 3 is 2.35 bits per heavy atom. The van der Waals surface area contributed by atoms with Gasteiger partial charge in [-0.15, -0.1) is 0 Å². The first kappa shape index (κ1) is 15.0. The predicted octanol–water partition coefficient (Wildman–Crippen LogP) is 3.60. The van der Waals surface area contributed by atoms with Gasteiger partial charge in [0, 0.05) is 17.8 Å². The smallest absolute Gasteiger partial charge is 0.255 e. The molecule has 23 heavy (non-hydrogen) atoms. The molecule has 4 saturated carbocycles. The Kier molecular flexibility index (Phi) is 3.58. The first-order chi connectivity index (χ1) is 11.0. The van der Waals surface area contributed by atoms with Crippen LogP contribution in [0.15, 0.2) is 18.3 Å². The highest BCUT2D eigenvalue weighted by atomic mass is 16.1. The van der Waals surface area contributed by atoms with Gasteiger partial charge in [-0.3, -0.25) is 4.79 Å². The molecule has 4 heteroatoms. The molecule has 0 radical (unpaired) electrons. The third-order valence-electron chi connectivity index (χ3n) is 5.89. The number of nitrogens with one attached hydrogen (secondary N) is 2. The average Bonchev–Trinajstić information content (AvgIpc) is 2.45. The van der Waals surface area contributed by atoms with Gasteiger partial charge in [-0.1, -0.05) is 0 Å². The van der Waals surface area contributed by atoms with E-state index in [2.05, 4.69) is 29.5 Å². The predicted molar refractivity (Wildman–Crippen MR) is 91.4 cm³/mol. The van der Waals surface area contributed by atoms with Gasteiger partial charge < -0.3 is 10.6 Å². The monoisotopic (exact) mass is 313 g/mol. The minimum absolute atomic E-state index is 0.0446. The van der Waals surface area contributed by atoms with Gasteiger partial charge in [-0.2, -0.15) is 0 Å². The molecule has 4 aliphatic carbocycles. The van der Waals surface area contributed by atoms with E-state index in [1.54, 1.807) is 6.20 Å². The molecule has 1 heterocycles. The van der Waals surface area contributed by atoms with Gasteiger partial charge in [0.2, 0.25) is 0 Å².